The number of hydrogen-bond acceptors (Lipinski definition) is 3. The van der Waals surface area contributed by atoms with E-state index in [2.05, 4.69) is 24.4 Å². The van der Waals surface area contributed by atoms with Gasteiger partial charge in [-0.3, -0.25) is 0 Å². The maximum atomic E-state index is 5.19. The van der Waals surface area contributed by atoms with Gasteiger partial charge in [0, 0.05) is 19.0 Å². The van der Waals surface area contributed by atoms with Crippen LogP contribution in [0.1, 0.15) is 6.92 Å². The van der Waals surface area contributed by atoms with Gasteiger partial charge in [-0.1, -0.05) is 0 Å². The minimum absolute atomic E-state index is 0.231. The van der Waals surface area contributed by atoms with E-state index in [4.69, 9.17) is 4.84 Å². The summed E-state index contributed by atoms with van der Waals surface area (Å²) in [5.41, 5.74) is 3.31. The van der Waals surface area contributed by atoms with Crippen molar-refractivity contribution < 1.29 is 4.84 Å². The fourth-order valence-electron chi connectivity index (χ4n) is 1.99. The molecular formula is C7H14N2O. The molecule has 0 aromatic heterocycles. The maximum Gasteiger partial charge on any atom is 0.0741 e. The zero-order valence-corrected chi connectivity index (χ0v) is 6.55. The van der Waals surface area contributed by atoms with E-state index < -0.39 is 0 Å². The normalized spacial score (nSPS) is 48.0. The summed E-state index contributed by atoms with van der Waals surface area (Å²) in [6, 6.07) is 0. The number of likely N-dealkylation sites (tertiary alicyclic amines) is 1. The van der Waals surface area contributed by atoms with Crippen LogP contribution in [0.2, 0.25) is 0 Å². The van der Waals surface area contributed by atoms with E-state index in [-0.39, 0.29) is 5.54 Å². The molecule has 0 saturated carbocycles. The molecule has 3 nitrogen and oxygen atoms in total. The first-order chi connectivity index (χ1) is 4.71. The molecule has 2 atom stereocenters. The van der Waals surface area contributed by atoms with Crippen LogP contribution in [-0.2, 0) is 4.84 Å². The molecule has 2 aliphatic rings. The molecule has 2 aliphatic heterocycles. The lowest BCUT2D eigenvalue weighted by molar-refractivity contribution is 0.0557. The van der Waals surface area contributed by atoms with Gasteiger partial charge < -0.3 is 9.74 Å². The number of likely N-dealkylation sites (N-methyl/N-ethyl adjacent to an activating group) is 1. The van der Waals surface area contributed by atoms with Gasteiger partial charge in [0.25, 0.3) is 0 Å². The van der Waals surface area contributed by atoms with Gasteiger partial charge in [0.05, 0.1) is 12.1 Å². The van der Waals surface area contributed by atoms with Crippen LogP contribution in [0.4, 0.5) is 0 Å². The van der Waals surface area contributed by atoms with E-state index in [0.717, 1.165) is 13.2 Å². The summed E-state index contributed by atoms with van der Waals surface area (Å²) in [5.74, 6) is 0.692. The molecular weight excluding hydrogens is 128 g/mol. The third-order valence-corrected chi connectivity index (χ3v) is 2.62. The third kappa shape index (κ3) is 0.779. The summed E-state index contributed by atoms with van der Waals surface area (Å²) in [7, 11) is 2.16. The molecule has 0 unspecified atom stereocenters. The van der Waals surface area contributed by atoms with Crippen LogP contribution in [0.5, 0.6) is 0 Å². The molecule has 3 heteroatoms. The van der Waals surface area contributed by atoms with Crippen molar-refractivity contribution in [3.63, 3.8) is 0 Å². The summed E-state index contributed by atoms with van der Waals surface area (Å²) in [6.45, 7) is 5.39. The van der Waals surface area contributed by atoms with Crippen molar-refractivity contribution in [3.05, 3.63) is 0 Å². The summed E-state index contributed by atoms with van der Waals surface area (Å²) in [4.78, 5) is 7.53. The van der Waals surface area contributed by atoms with Crippen LogP contribution >= 0.6 is 0 Å². The first-order valence-corrected chi connectivity index (χ1v) is 3.78. The second kappa shape index (κ2) is 1.94. The van der Waals surface area contributed by atoms with Gasteiger partial charge in [0.1, 0.15) is 0 Å². The maximum absolute atomic E-state index is 5.19. The number of fused-ring (bicyclic) bond motifs is 1. The lowest BCUT2D eigenvalue weighted by atomic mass is 9.92. The van der Waals surface area contributed by atoms with E-state index >= 15 is 0 Å². The molecule has 2 saturated heterocycles. The standard InChI is InChI=1S/C7H14N2O/c1-7-5-9(2)3-6(7)4-10-8-7/h6,8H,3-5H2,1-2H3/t6-,7-/m1/s1. The van der Waals surface area contributed by atoms with Crippen LogP contribution in [0, 0.1) is 5.92 Å². The van der Waals surface area contributed by atoms with Crippen LogP contribution in [-0.4, -0.2) is 37.2 Å². The summed E-state index contributed by atoms with van der Waals surface area (Å²) in [5, 5.41) is 0. The average molecular weight is 142 g/mol. The van der Waals surface area contributed by atoms with Crippen molar-refractivity contribution in [2.45, 2.75) is 12.5 Å². The topological polar surface area (TPSA) is 24.5 Å². The van der Waals surface area contributed by atoms with Crippen LogP contribution in [0.15, 0.2) is 0 Å². The Morgan fingerprint density at radius 1 is 1.70 bits per heavy atom. The summed E-state index contributed by atoms with van der Waals surface area (Å²) < 4.78 is 0. The van der Waals surface area contributed by atoms with E-state index in [1.807, 2.05) is 0 Å². The Morgan fingerprint density at radius 3 is 3.20 bits per heavy atom. The fraction of sp³-hybridized carbons (Fsp3) is 1.00. The van der Waals surface area contributed by atoms with Crippen LogP contribution in [0.25, 0.3) is 0 Å². The minimum Gasteiger partial charge on any atom is -0.304 e. The van der Waals surface area contributed by atoms with Crippen molar-refractivity contribution >= 4 is 0 Å². The molecule has 0 aliphatic carbocycles. The predicted molar refractivity (Wildman–Crippen MR) is 38.5 cm³/mol. The minimum atomic E-state index is 0.231. The van der Waals surface area contributed by atoms with Crippen LogP contribution in [0.3, 0.4) is 0 Å². The van der Waals surface area contributed by atoms with E-state index in [9.17, 15) is 0 Å². The van der Waals surface area contributed by atoms with Gasteiger partial charge in [0.15, 0.2) is 0 Å². The highest BCUT2D eigenvalue weighted by Crippen LogP contribution is 2.30. The van der Waals surface area contributed by atoms with Crippen LogP contribution < -0.4 is 5.48 Å². The van der Waals surface area contributed by atoms with Gasteiger partial charge in [-0.05, 0) is 14.0 Å². The van der Waals surface area contributed by atoms with Crippen molar-refractivity contribution in [2.24, 2.45) is 5.92 Å². The molecule has 0 amide bonds. The Morgan fingerprint density at radius 2 is 2.50 bits per heavy atom. The van der Waals surface area contributed by atoms with Crippen molar-refractivity contribution in [1.29, 1.82) is 0 Å². The van der Waals surface area contributed by atoms with E-state index in [1.165, 1.54) is 6.54 Å². The molecule has 2 heterocycles. The van der Waals surface area contributed by atoms with Gasteiger partial charge in [-0.15, -0.1) is 0 Å². The summed E-state index contributed by atoms with van der Waals surface area (Å²) >= 11 is 0. The molecule has 0 radical (unpaired) electrons. The third-order valence-electron chi connectivity index (χ3n) is 2.62. The molecule has 58 valence electrons. The Hall–Kier alpha value is -0.120. The molecule has 1 N–H and O–H groups in total. The molecule has 0 spiro atoms. The van der Waals surface area contributed by atoms with Gasteiger partial charge in [-0.2, -0.15) is 5.48 Å². The number of rotatable bonds is 0. The second-order valence-electron chi connectivity index (χ2n) is 3.72. The Balaban J connectivity index is 2.15. The predicted octanol–water partition coefficient (Wildman–Crippen LogP) is -0.159. The number of nitrogens with zero attached hydrogens (tertiary/aromatic N) is 1. The SMILES string of the molecule is CN1C[C@@H]2CON[C@]2(C)C1. The highest BCUT2D eigenvalue weighted by molar-refractivity contribution is 5.00. The quantitative estimate of drug-likeness (QED) is 0.508. The smallest absolute Gasteiger partial charge is 0.0741 e. The first kappa shape index (κ1) is 6.58. The van der Waals surface area contributed by atoms with Gasteiger partial charge in [0.2, 0.25) is 0 Å². The van der Waals surface area contributed by atoms with Crippen molar-refractivity contribution in [2.75, 3.05) is 26.7 Å². The number of hydroxylamine groups is 1. The zero-order valence-electron chi connectivity index (χ0n) is 6.55. The first-order valence-electron chi connectivity index (χ1n) is 3.78. The molecule has 2 fully saturated rings. The lowest BCUT2D eigenvalue weighted by Gasteiger charge is -2.20. The van der Waals surface area contributed by atoms with Crippen molar-refractivity contribution in [1.82, 2.24) is 10.4 Å². The summed E-state index contributed by atoms with van der Waals surface area (Å²) in [6.07, 6.45) is 0. The van der Waals surface area contributed by atoms with Crippen molar-refractivity contribution in [3.8, 4) is 0 Å². The Kier molecular flexibility index (Phi) is 1.27. The molecule has 2 rings (SSSR count). The van der Waals surface area contributed by atoms with E-state index in [0.29, 0.717) is 5.92 Å². The zero-order chi connectivity index (χ0) is 7.19. The monoisotopic (exact) mass is 142 g/mol. The highest BCUT2D eigenvalue weighted by atomic mass is 16.7. The highest BCUT2D eigenvalue weighted by Gasteiger charge is 2.45. The fourth-order valence-corrected chi connectivity index (χ4v) is 1.99. The molecule has 0 aromatic carbocycles. The molecule has 0 aromatic rings. The number of hydrogen-bond donors (Lipinski definition) is 1. The lowest BCUT2D eigenvalue weighted by Crippen LogP contribution is -2.42. The van der Waals surface area contributed by atoms with Gasteiger partial charge >= 0.3 is 0 Å². The molecule has 0 bridgehead atoms. The second-order valence-corrected chi connectivity index (χ2v) is 3.72. The Bertz CT molecular complexity index is 151. The average Bonchev–Trinajstić information content (AvgIpc) is 2.20. The van der Waals surface area contributed by atoms with Gasteiger partial charge in [-0.25, -0.2) is 0 Å². The Labute approximate surface area is 61.3 Å². The molecule has 10 heavy (non-hydrogen) atoms. The van der Waals surface area contributed by atoms with E-state index in [1.54, 1.807) is 0 Å². The number of nitrogens with one attached hydrogen (secondary N) is 1. The largest absolute Gasteiger partial charge is 0.304 e.